The second kappa shape index (κ2) is 7.22. The number of anilines is 1. The first kappa shape index (κ1) is 17.2. The smallest absolute Gasteiger partial charge is 0.227 e. The molecule has 0 heterocycles. The van der Waals surface area contributed by atoms with Crippen LogP contribution in [0.2, 0.25) is 0 Å². The zero-order valence-electron chi connectivity index (χ0n) is 13.2. The monoisotopic (exact) mass is 291 g/mol. The van der Waals surface area contributed by atoms with Crippen LogP contribution in [0.1, 0.15) is 33.3 Å². The van der Waals surface area contributed by atoms with Crippen molar-refractivity contribution in [1.29, 1.82) is 0 Å². The van der Waals surface area contributed by atoms with Crippen LogP contribution in [-0.2, 0) is 16.1 Å². The minimum atomic E-state index is -0.580. The number of nitrogens with one attached hydrogen (secondary N) is 2. The van der Waals surface area contributed by atoms with E-state index >= 15 is 0 Å². The SMILES string of the molecule is CC(C)C(=O)Nc1cccc(CNC(=O)C(C)(C)CN)c1. The van der Waals surface area contributed by atoms with Gasteiger partial charge in [-0.05, 0) is 31.5 Å². The van der Waals surface area contributed by atoms with E-state index in [9.17, 15) is 9.59 Å². The Balaban J connectivity index is 2.65. The van der Waals surface area contributed by atoms with E-state index in [2.05, 4.69) is 10.6 Å². The maximum atomic E-state index is 12.0. The number of amides is 2. The first-order valence-corrected chi connectivity index (χ1v) is 7.14. The van der Waals surface area contributed by atoms with E-state index in [4.69, 9.17) is 5.73 Å². The molecule has 1 aromatic carbocycles. The van der Waals surface area contributed by atoms with Gasteiger partial charge in [0.1, 0.15) is 0 Å². The molecule has 0 bridgehead atoms. The van der Waals surface area contributed by atoms with Crippen molar-refractivity contribution in [2.75, 3.05) is 11.9 Å². The number of benzene rings is 1. The topological polar surface area (TPSA) is 84.2 Å². The highest BCUT2D eigenvalue weighted by Gasteiger charge is 2.25. The van der Waals surface area contributed by atoms with Crippen molar-refractivity contribution in [3.05, 3.63) is 29.8 Å². The highest BCUT2D eigenvalue weighted by molar-refractivity contribution is 5.92. The maximum absolute atomic E-state index is 12.0. The van der Waals surface area contributed by atoms with E-state index in [-0.39, 0.29) is 17.7 Å². The van der Waals surface area contributed by atoms with Gasteiger partial charge >= 0.3 is 0 Å². The zero-order valence-corrected chi connectivity index (χ0v) is 13.2. The van der Waals surface area contributed by atoms with Crippen molar-refractivity contribution >= 4 is 17.5 Å². The lowest BCUT2D eigenvalue weighted by Gasteiger charge is -2.21. The van der Waals surface area contributed by atoms with Gasteiger partial charge in [0, 0.05) is 24.7 Å². The highest BCUT2D eigenvalue weighted by atomic mass is 16.2. The molecule has 1 rings (SSSR count). The number of hydrogen-bond acceptors (Lipinski definition) is 3. The number of rotatable bonds is 6. The van der Waals surface area contributed by atoms with E-state index in [1.807, 2.05) is 52.0 Å². The van der Waals surface area contributed by atoms with Gasteiger partial charge in [-0.15, -0.1) is 0 Å². The molecule has 0 aliphatic carbocycles. The van der Waals surface area contributed by atoms with Crippen LogP contribution in [0.25, 0.3) is 0 Å². The van der Waals surface area contributed by atoms with E-state index in [0.717, 1.165) is 11.3 Å². The summed E-state index contributed by atoms with van der Waals surface area (Å²) in [4.78, 5) is 23.6. The van der Waals surface area contributed by atoms with E-state index in [1.54, 1.807) is 0 Å². The van der Waals surface area contributed by atoms with Gasteiger partial charge in [-0.1, -0.05) is 26.0 Å². The lowest BCUT2D eigenvalue weighted by atomic mass is 9.92. The normalized spacial score (nSPS) is 11.3. The molecule has 5 heteroatoms. The van der Waals surface area contributed by atoms with Gasteiger partial charge in [-0.3, -0.25) is 9.59 Å². The molecule has 21 heavy (non-hydrogen) atoms. The van der Waals surface area contributed by atoms with E-state index in [0.29, 0.717) is 13.1 Å². The standard InChI is InChI=1S/C16H25N3O2/c1-11(2)14(20)19-13-7-5-6-12(8-13)9-18-15(21)16(3,4)10-17/h5-8,11H,9-10,17H2,1-4H3,(H,18,21)(H,19,20). The van der Waals surface area contributed by atoms with Gasteiger partial charge in [0.15, 0.2) is 0 Å². The van der Waals surface area contributed by atoms with E-state index < -0.39 is 5.41 Å². The van der Waals surface area contributed by atoms with Crippen LogP contribution in [0.4, 0.5) is 5.69 Å². The largest absolute Gasteiger partial charge is 0.352 e. The molecule has 0 saturated heterocycles. The predicted molar refractivity (Wildman–Crippen MR) is 84.6 cm³/mol. The number of carbonyl (C=O) groups is 2. The van der Waals surface area contributed by atoms with Crippen LogP contribution < -0.4 is 16.4 Å². The third-order valence-electron chi connectivity index (χ3n) is 3.30. The zero-order chi connectivity index (χ0) is 16.0. The second-order valence-electron chi connectivity index (χ2n) is 6.12. The van der Waals surface area contributed by atoms with E-state index in [1.165, 1.54) is 0 Å². The van der Waals surface area contributed by atoms with Crippen molar-refractivity contribution in [2.24, 2.45) is 17.1 Å². The molecule has 1 aromatic rings. The Bertz CT molecular complexity index is 510. The number of carbonyl (C=O) groups excluding carboxylic acids is 2. The summed E-state index contributed by atoms with van der Waals surface area (Å²) in [6, 6.07) is 7.44. The van der Waals surface area contributed by atoms with Crippen LogP contribution >= 0.6 is 0 Å². The molecule has 0 spiro atoms. The predicted octanol–water partition coefficient (Wildman–Crippen LogP) is 1.88. The Kier molecular flexibility index (Phi) is 5.90. The Labute approximate surface area is 126 Å². The van der Waals surface area contributed by atoms with Crippen molar-refractivity contribution < 1.29 is 9.59 Å². The third kappa shape index (κ3) is 5.19. The van der Waals surface area contributed by atoms with Crippen LogP contribution in [0.5, 0.6) is 0 Å². The lowest BCUT2D eigenvalue weighted by molar-refractivity contribution is -0.129. The van der Waals surface area contributed by atoms with Crippen LogP contribution in [0, 0.1) is 11.3 Å². The van der Waals surface area contributed by atoms with Crippen molar-refractivity contribution in [1.82, 2.24) is 5.32 Å². The molecule has 0 unspecified atom stereocenters. The van der Waals surface area contributed by atoms with Gasteiger partial charge in [0.05, 0.1) is 5.41 Å². The summed E-state index contributed by atoms with van der Waals surface area (Å²) >= 11 is 0. The van der Waals surface area contributed by atoms with Crippen molar-refractivity contribution in [2.45, 2.75) is 34.2 Å². The Morgan fingerprint density at radius 1 is 1.29 bits per heavy atom. The number of hydrogen-bond donors (Lipinski definition) is 3. The summed E-state index contributed by atoms with van der Waals surface area (Å²) < 4.78 is 0. The third-order valence-corrected chi connectivity index (χ3v) is 3.30. The molecule has 0 aliphatic rings. The van der Waals surface area contributed by atoms with Crippen molar-refractivity contribution in [3.63, 3.8) is 0 Å². The molecule has 0 fully saturated rings. The van der Waals surface area contributed by atoms with Gasteiger partial charge in [-0.25, -0.2) is 0 Å². The molecule has 0 atom stereocenters. The molecule has 2 amide bonds. The highest BCUT2D eigenvalue weighted by Crippen LogP contribution is 2.14. The van der Waals surface area contributed by atoms with Crippen LogP contribution in [-0.4, -0.2) is 18.4 Å². The van der Waals surface area contributed by atoms with Gasteiger partial charge in [0.25, 0.3) is 0 Å². The first-order chi connectivity index (χ1) is 9.76. The molecule has 5 nitrogen and oxygen atoms in total. The average Bonchev–Trinajstić information content (AvgIpc) is 2.44. The Morgan fingerprint density at radius 2 is 1.95 bits per heavy atom. The van der Waals surface area contributed by atoms with Gasteiger partial charge in [-0.2, -0.15) is 0 Å². The molecule has 116 valence electrons. The summed E-state index contributed by atoms with van der Waals surface area (Å²) in [5.74, 6) is -0.180. The van der Waals surface area contributed by atoms with Crippen molar-refractivity contribution in [3.8, 4) is 0 Å². The molecular weight excluding hydrogens is 266 g/mol. The van der Waals surface area contributed by atoms with Crippen LogP contribution in [0.3, 0.4) is 0 Å². The van der Waals surface area contributed by atoms with Crippen LogP contribution in [0.15, 0.2) is 24.3 Å². The summed E-state index contributed by atoms with van der Waals surface area (Å²) in [7, 11) is 0. The Morgan fingerprint density at radius 3 is 2.52 bits per heavy atom. The lowest BCUT2D eigenvalue weighted by Crippen LogP contribution is -2.41. The minimum Gasteiger partial charge on any atom is -0.352 e. The van der Waals surface area contributed by atoms with Gasteiger partial charge in [0.2, 0.25) is 11.8 Å². The summed E-state index contributed by atoms with van der Waals surface area (Å²) in [5, 5.41) is 5.70. The summed E-state index contributed by atoms with van der Waals surface area (Å²) in [6.07, 6.45) is 0. The molecule has 0 aliphatic heterocycles. The average molecular weight is 291 g/mol. The molecular formula is C16H25N3O2. The fraction of sp³-hybridized carbons (Fsp3) is 0.500. The summed E-state index contributed by atoms with van der Waals surface area (Å²) in [5.41, 5.74) is 6.66. The second-order valence-corrected chi connectivity index (χ2v) is 6.12. The quantitative estimate of drug-likeness (QED) is 0.748. The van der Waals surface area contributed by atoms with Gasteiger partial charge < -0.3 is 16.4 Å². The molecule has 0 radical (unpaired) electrons. The number of nitrogens with two attached hydrogens (primary N) is 1. The fourth-order valence-electron chi connectivity index (χ4n) is 1.56. The maximum Gasteiger partial charge on any atom is 0.227 e. The first-order valence-electron chi connectivity index (χ1n) is 7.14. The molecule has 4 N–H and O–H groups in total. The fourth-order valence-corrected chi connectivity index (χ4v) is 1.56. The molecule has 0 aromatic heterocycles. The minimum absolute atomic E-state index is 0.0274. The Hall–Kier alpha value is -1.88. The summed E-state index contributed by atoms with van der Waals surface area (Å²) in [6.45, 7) is 8.00. The molecule has 0 saturated carbocycles.